The summed E-state index contributed by atoms with van der Waals surface area (Å²) >= 11 is 0. The van der Waals surface area contributed by atoms with Crippen LogP contribution in [-0.4, -0.2) is 57.1 Å². The summed E-state index contributed by atoms with van der Waals surface area (Å²) in [5, 5.41) is 5.27. The van der Waals surface area contributed by atoms with Crippen molar-refractivity contribution >= 4 is 28.7 Å². The molecular weight excluding hydrogens is 551 g/mol. The molecule has 11 nitrogen and oxygen atoms in total. The Hall–Kier alpha value is -5.10. The molecule has 0 bridgehead atoms. The molecule has 2 heterocycles. The van der Waals surface area contributed by atoms with Crippen molar-refractivity contribution < 1.29 is 18.7 Å². The number of nitrogens with two attached hydrogens (primary N) is 1. The molecule has 0 spiro atoms. The molecule has 0 unspecified atom stereocenters. The Morgan fingerprint density at radius 2 is 1.81 bits per heavy atom. The number of nitrogen functional groups attached to an aromatic ring is 1. The quantitative estimate of drug-likeness (QED) is 0.206. The smallest absolute Gasteiger partial charge is 0.262 e. The predicted octanol–water partition coefficient (Wildman–Crippen LogP) is 4.31. The van der Waals surface area contributed by atoms with Crippen LogP contribution in [0.4, 0.5) is 10.2 Å². The van der Waals surface area contributed by atoms with Crippen LogP contribution in [0.2, 0.25) is 0 Å². The molecule has 12 heteroatoms. The predicted molar refractivity (Wildman–Crippen MR) is 161 cm³/mol. The maximum absolute atomic E-state index is 15.4. The van der Waals surface area contributed by atoms with Gasteiger partial charge < -0.3 is 15.4 Å². The van der Waals surface area contributed by atoms with Crippen LogP contribution < -0.4 is 21.3 Å². The Bertz CT molecular complexity index is 1670. The third-order valence-corrected chi connectivity index (χ3v) is 7.02. The number of carbonyl (C=O) groups excluding carboxylic acids is 2. The number of fused-ring (bicyclic) bond motifs is 1. The normalized spacial score (nSPS) is 15.2. The maximum atomic E-state index is 15.4. The number of aromatic nitrogens is 4. The average Bonchev–Trinajstić information content (AvgIpc) is 3.37. The van der Waals surface area contributed by atoms with Gasteiger partial charge >= 0.3 is 0 Å². The summed E-state index contributed by atoms with van der Waals surface area (Å²) in [6, 6.07) is 13.7. The zero-order valence-electron chi connectivity index (χ0n) is 24.0. The zero-order valence-corrected chi connectivity index (χ0v) is 24.0. The van der Waals surface area contributed by atoms with Gasteiger partial charge in [0.25, 0.3) is 11.8 Å². The Morgan fingerprint density at radius 3 is 2.53 bits per heavy atom. The number of allylic oxidation sites excluding steroid dienone is 1. The van der Waals surface area contributed by atoms with Crippen LogP contribution in [0.25, 0.3) is 22.3 Å². The number of hydrazine groups is 1. The van der Waals surface area contributed by atoms with Crippen molar-refractivity contribution in [1.82, 2.24) is 35.5 Å². The molecule has 2 aromatic carbocycles. The lowest BCUT2D eigenvalue weighted by molar-refractivity contribution is -0.123. The Morgan fingerprint density at radius 1 is 1.07 bits per heavy atom. The van der Waals surface area contributed by atoms with Gasteiger partial charge in [0, 0.05) is 30.3 Å². The van der Waals surface area contributed by atoms with E-state index >= 15 is 4.39 Å². The van der Waals surface area contributed by atoms with E-state index in [1.165, 1.54) is 24.5 Å². The Kier molecular flexibility index (Phi) is 9.06. The van der Waals surface area contributed by atoms with Crippen LogP contribution in [0, 0.1) is 5.82 Å². The van der Waals surface area contributed by atoms with E-state index in [9.17, 15) is 9.59 Å². The summed E-state index contributed by atoms with van der Waals surface area (Å²) < 4.78 is 23.0. The first kappa shape index (κ1) is 29.4. The number of carbonyl (C=O) groups is 2. The lowest BCUT2D eigenvalue weighted by atomic mass is 9.90. The first-order valence-electron chi connectivity index (χ1n) is 13.9. The third-order valence-electron chi connectivity index (χ3n) is 7.02. The number of amides is 2. The molecule has 0 saturated heterocycles. The summed E-state index contributed by atoms with van der Waals surface area (Å²) in [6.07, 6.45) is 8.62. The topological polar surface area (TPSA) is 140 Å². The first-order valence-corrected chi connectivity index (χ1v) is 13.9. The molecule has 1 saturated carbocycles. The number of ether oxygens (including phenoxy) is 1. The third kappa shape index (κ3) is 7.22. The van der Waals surface area contributed by atoms with Gasteiger partial charge in [-0.25, -0.2) is 19.0 Å². The van der Waals surface area contributed by atoms with Crippen molar-refractivity contribution in [3.63, 3.8) is 0 Å². The second-order valence-corrected chi connectivity index (χ2v) is 10.5. The standard InChI is InChI=1S/C31H33FN8O3/c1-39(2)16-6-9-26(41)36-37-27(42)17-20-10-12-21(13-11-20)40-31-28(30(33)34-19-35-31)29(38-40)24-15-14-23(18-25(24)32)43-22-7-4-3-5-8-22/h3-9,14-15,17-19,21H,10-13,16H2,1-2H3,(H,36,41)(H,37,42)(H2,33,34,35)/b9-6+,20-17?. The SMILES string of the molecule is CN(C)C/C=C/C(=O)NNC(=O)C=C1CCC(n2nc(-c3ccc(Oc4ccccc4)cc3F)c3c(N)ncnc32)CC1. The number of hydrogen-bond acceptors (Lipinski definition) is 8. The number of likely N-dealkylation sites (N-methyl/N-ethyl adjacent to an activating group) is 1. The van der Waals surface area contributed by atoms with Crippen LogP contribution in [0.5, 0.6) is 11.5 Å². The Balaban J connectivity index is 1.29. The fourth-order valence-electron chi connectivity index (χ4n) is 4.93. The van der Waals surface area contributed by atoms with Gasteiger partial charge in [-0.05, 0) is 64.0 Å². The van der Waals surface area contributed by atoms with E-state index in [-0.39, 0.29) is 17.4 Å². The number of benzene rings is 2. The molecular formula is C31H33FN8O3. The van der Waals surface area contributed by atoms with Crippen molar-refractivity contribution in [2.75, 3.05) is 26.4 Å². The van der Waals surface area contributed by atoms with Gasteiger partial charge in [0.1, 0.15) is 35.2 Å². The number of para-hydroxylation sites is 1. The zero-order chi connectivity index (χ0) is 30.3. The van der Waals surface area contributed by atoms with Gasteiger partial charge in [0.05, 0.1) is 11.4 Å². The van der Waals surface area contributed by atoms with Gasteiger partial charge in [-0.3, -0.25) is 20.4 Å². The van der Waals surface area contributed by atoms with Crippen molar-refractivity contribution in [3.05, 3.63) is 84.5 Å². The van der Waals surface area contributed by atoms with E-state index in [1.54, 1.807) is 35.0 Å². The molecule has 2 amide bonds. The average molecular weight is 585 g/mol. The molecule has 5 rings (SSSR count). The minimum atomic E-state index is -0.511. The van der Waals surface area contributed by atoms with E-state index in [1.807, 2.05) is 37.2 Å². The highest BCUT2D eigenvalue weighted by Crippen LogP contribution is 2.38. The lowest BCUT2D eigenvalue weighted by Gasteiger charge is -2.24. The van der Waals surface area contributed by atoms with Crippen molar-refractivity contribution in [2.24, 2.45) is 0 Å². The molecule has 2 aromatic heterocycles. The van der Waals surface area contributed by atoms with Gasteiger partial charge in [-0.1, -0.05) is 29.8 Å². The number of rotatable bonds is 8. The number of hydrogen-bond donors (Lipinski definition) is 3. The largest absolute Gasteiger partial charge is 0.457 e. The molecule has 1 fully saturated rings. The number of halogens is 1. The monoisotopic (exact) mass is 584 g/mol. The van der Waals surface area contributed by atoms with Gasteiger partial charge in [-0.15, -0.1) is 0 Å². The maximum Gasteiger partial charge on any atom is 0.262 e. The van der Waals surface area contributed by atoms with E-state index in [4.69, 9.17) is 15.6 Å². The van der Waals surface area contributed by atoms with Gasteiger partial charge in [-0.2, -0.15) is 5.10 Å². The highest BCUT2D eigenvalue weighted by Gasteiger charge is 2.26. The first-order chi connectivity index (χ1) is 20.8. The second-order valence-electron chi connectivity index (χ2n) is 10.5. The van der Waals surface area contributed by atoms with E-state index in [0.29, 0.717) is 60.5 Å². The van der Waals surface area contributed by atoms with Gasteiger partial charge in [0.2, 0.25) is 0 Å². The summed E-state index contributed by atoms with van der Waals surface area (Å²) in [7, 11) is 3.78. The molecule has 4 aromatic rings. The summed E-state index contributed by atoms with van der Waals surface area (Å²) in [4.78, 5) is 34.7. The molecule has 0 atom stereocenters. The lowest BCUT2D eigenvalue weighted by Crippen LogP contribution is -2.40. The fraction of sp³-hybridized carbons (Fsp3) is 0.258. The summed E-state index contributed by atoms with van der Waals surface area (Å²) in [6.45, 7) is 0.614. The summed E-state index contributed by atoms with van der Waals surface area (Å²) in [5.74, 6) is -0.149. The van der Waals surface area contributed by atoms with Crippen molar-refractivity contribution in [1.29, 1.82) is 0 Å². The molecule has 1 aliphatic rings. The van der Waals surface area contributed by atoms with E-state index in [0.717, 1.165) is 5.57 Å². The van der Waals surface area contributed by atoms with Crippen LogP contribution >= 0.6 is 0 Å². The van der Waals surface area contributed by atoms with Crippen LogP contribution in [-0.2, 0) is 9.59 Å². The minimum Gasteiger partial charge on any atom is -0.457 e. The van der Waals surface area contributed by atoms with E-state index in [2.05, 4.69) is 20.8 Å². The van der Waals surface area contributed by atoms with Crippen LogP contribution in [0.3, 0.4) is 0 Å². The molecule has 0 radical (unpaired) electrons. The number of anilines is 1. The fourth-order valence-corrected chi connectivity index (χ4v) is 4.93. The van der Waals surface area contributed by atoms with E-state index < -0.39 is 17.6 Å². The van der Waals surface area contributed by atoms with Crippen LogP contribution in [0.15, 0.2) is 78.7 Å². The van der Waals surface area contributed by atoms with Crippen LogP contribution in [0.1, 0.15) is 31.7 Å². The number of nitrogens with one attached hydrogen (secondary N) is 2. The molecule has 222 valence electrons. The molecule has 4 N–H and O–H groups in total. The molecule has 0 aliphatic heterocycles. The van der Waals surface area contributed by atoms with Gasteiger partial charge in [0.15, 0.2) is 5.65 Å². The molecule has 43 heavy (non-hydrogen) atoms. The van der Waals surface area contributed by atoms with Crippen molar-refractivity contribution in [2.45, 2.75) is 31.7 Å². The Labute approximate surface area is 248 Å². The summed E-state index contributed by atoms with van der Waals surface area (Å²) in [5.41, 5.74) is 13.1. The minimum absolute atomic E-state index is 0.0453. The number of nitrogens with zero attached hydrogens (tertiary/aromatic N) is 5. The molecule has 1 aliphatic carbocycles. The highest BCUT2D eigenvalue weighted by atomic mass is 19.1. The van der Waals surface area contributed by atoms with Crippen molar-refractivity contribution in [3.8, 4) is 22.8 Å². The highest BCUT2D eigenvalue weighted by molar-refractivity contribution is 5.98. The second kappa shape index (κ2) is 13.3.